The molecule has 1 aliphatic rings. The molecule has 0 bridgehead atoms. The summed E-state index contributed by atoms with van der Waals surface area (Å²) in [6.07, 6.45) is 1.60. The summed E-state index contributed by atoms with van der Waals surface area (Å²) in [5, 5.41) is 0. The molecule has 0 N–H and O–H groups in total. The highest BCUT2D eigenvalue weighted by atomic mass is 32.2. The van der Waals surface area contributed by atoms with Crippen molar-refractivity contribution < 1.29 is 13.2 Å². The van der Waals surface area contributed by atoms with Crippen LogP contribution in [-0.4, -0.2) is 48.8 Å². The first-order valence-electron chi connectivity index (χ1n) is 6.30. The smallest absolute Gasteiger partial charge is 0.254 e. The molecule has 0 radical (unpaired) electrons. The van der Waals surface area contributed by atoms with Gasteiger partial charge in [0.2, 0.25) is 0 Å². The molecule has 1 amide bonds. The fourth-order valence-electron chi connectivity index (χ4n) is 2.33. The fraction of sp³-hybridized carbons (Fsp3) is 0.538. The van der Waals surface area contributed by atoms with Gasteiger partial charge >= 0.3 is 0 Å². The van der Waals surface area contributed by atoms with E-state index in [9.17, 15) is 13.2 Å². The predicted molar refractivity (Wildman–Crippen MR) is 72.7 cm³/mol. The standard InChI is InChI=1S/C13H18N2O3S/c1-10-8-15(5-6-19(17,18)9-10)13(16)12-3-4-14-11(2)7-12/h3-4,7,10H,5-6,8-9H2,1-2H3. The lowest BCUT2D eigenvalue weighted by molar-refractivity contribution is 0.0751. The van der Waals surface area contributed by atoms with E-state index in [2.05, 4.69) is 4.98 Å². The van der Waals surface area contributed by atoms with E-state index in [4.69, 9.17) is 0 Å². The highest BCUT2D eigenvalue weighted by Crippen LogP contribution is 2.14. The molecule has 1 saturated heterocycles. The lowest BCUT2D eigenvalue weighted by atomic mass is 10.1. The summed E-state index contributed by atoms with van der Waals surface area (Å²) in [5.74, 6) is 0.0630. The summed E-state index contributed by atoms with van der Waals surface area (Å²) in [4.78, 5) is 18.1. The molecular formula is C13H18N2O3S. The molecule has 0 aliphatic carbocycles. The van der Waals surface area contributed by atoms with E-state index < -0.39 is 9.84 Å². The van der Waals surface area contributed by atoms with Gasteiger partial charge in [-0.05, 0) is 25.0 Å². The zero-order chi connectivity index (χ0) is 14.0. The highest BCUT2D eigenvalue weighted by Gasteiger charge is 2.27. The maximum atomic E-state index is 12.4. The summed E-state index contributed by atoms with van der Waals surface area (Å²) in [5.41, 5.74) is 1.35. The number of carbonyl (C=O) groups is 1. The van der Waals surface area contributed by atoms with Gasteiger partial charge in [0.1, 0.15) is 0 Å². The van der Waals surface area contributed by atoms with Crippen molar-refractivity contribution in [2.45, 2.75) is 13.8 Å². The molecule has 1 atom stereocenters. The van der Waals surface area contributed by atoms with Crippen molar-refractivity contribution in [3.8, 4) is 0 Å². The Morgan fingerprint density at radius 1 is 1.47 bits per heavy atom. The molecule has 5 nitrogen and oxygen atoms in total. The van der Waals surface area contributed by atoms with Crippen LogP contribution in [0.15, 0.2) is 18.3 Å². The van der Waals surface area contributed by atoms with Crippen LogP contribution < -0.4 is 0 Å². The Morgan fingerprint density at radius 3 is 2.89 bits per heavy atom. The Balaban J connectivity index is 2.20. The highest BCUT2D eigenvalue weighted by molar-refractivity contribution is 7.91. The van der Waals surface area contributed by atoms with Gasteiger partial charge < -0.3 is 4.90 Å². The summed E-state index contributed by atoms with van der Waals surface area (Å²) in [7, 11) is -3.03. The quantitative estimate of drug-likeness (QED) is 0.767. The van der Waals surface area contributed by atoms with Crippen molar-refractivity contribution in [2.75, 3.05) is 24.6 Å². The van der Waals surface area contributed by atoms with Gasteiger partial charge in [0, 0.05) is 30.5 Å². The van der Waals surface area contributed by atoms with Crippen LogP contribution in [0.3, 0.4) is 0 Å². The molecule has 1 aromatic heterocycles. The average molecular weight is 282 g/mol. The van der Waals surface area contributed by atoms with Gasteiger partial charge in [0.15, 0.2) is 9.84 Å². The molecule has 2 heterocycles. The van der Waals surface area contributed by atoms with Crippen molar-refractivity contribution >= 4 is 15.7 Å². The number of sulfone groups is 1. The third-order valence-electron chi connectivity index (χ3n) is 3.17. The average Bonchev–Trinajstić information content (AvgIpc) is 2.46. The molecule has 2 rings (SSSR count). The van der Waals surface area contributed by atoms with E-state index in [1.165, 1.54) is 0 Å². The first kappa shape index (κ1) is 14.0. The number of rotatable bonds is 1. The molecule has 104 valence electrons. The van der Waals surface area contributed by atoms with Crippen molar-refractivity contribution in [1.82, 2.24) is 9.88 Å². The second-order valence-corrected chi connectivity index (χ2v) is 7.39. The SMILES string of the molecule is Cc1cc(C(=O)N2CCS(=O)(=O)CC(C)C2)ccn1. The van der Waals surface area contributed by atoms with Gasteiger partial charge in [0.25, 0.3) is 5.91 Å². The first-order valence-corrected chi connectivity index (χ1v) is 8.12. The maximum Gasteiger partial charge on any atom is 0.254 e. The summed E-state index contributed by atoms with van der Waals surface area (Å²) in [6.45, 7) is 4.44. The van der Waals surface area contributed by atoms with E-state index in [-0.39, 0.29) is 29.9 Å². The summed E-state index contributed by atoms with van der Waals surface area (Å²) in [6, 6.07) is 3.39. The van der Waals surface area contributed by atoms with Crippen molar-refractivity contribution in [1.29, 1.82) is 0 Å². The summed E-state index contributed by atoms with van der Waals surface area (Å²) < 4.78 is 23.4. The van der Waals surface area contributed by atoms with E-state index in [1.54, 1.807) is 23.2 Å². The number of aryl methyl sites for hydroxylation is 1. The van der Waals surface area contributed by atoms with Gasteiger partial charge in [-0.3, -0.25) is 9.78 Å². The second kappa shape index (κ2) is 5.28. The Bertz CT molecular complexity index is 583. The van der Waals surface area contributed by atoms with Crippen molar-refractivity contribution in [2.24, 2.45) is 5.92 Å². The largest absolute Gasteiger partial charge is 0.337 e. The van der Waals surface area contributed by atoms with Crippen LogP contribution in [0.5, 0.6) is 0 Å². The zero-order valence-electron chi connectivity index (χ0n) is 11.2. The molecule has 19 heavy (non-hydrogen) atoms. The molecule has 1 unspecified atom stereocenters. The second-order valence-electron chi connectivity index (χ2n) is 5.16. The molecule has 0 saturated carbocycles. The van der Waals surface area contributed by atoms with Crippen LogP contribution in [0.2, 0.25) is 0 Å². The van der Waals surface area contributed by atoms with Gasteiger partial charge in [-0.1, -0.05) is 6.92 Å². The van der Waals surface area contributed by atoms with Gasteiger partial charge in [0.05, 0.1) is 11.5 Å². The van der Waals surface area contributed by atoms with Crippen LogP contribution in [0, 0.1) is 12.8 Å². The van der Waals surface area contributed by atoms with Gasteiger partial charge in [-0.25, -0.2) is 8.42 Å². The fourth-order valence-corrected chi connectivity index (χ4v) is 3.97. The van der Waals surface area contributed by atoms with Crippen LogP contribution >= 0.6 is 0 Å². The Hall–Kier alpha value is -1.43. The van der Waals surface area contributed by atoms with Gasteiger partial charge in [-0.2, -0.15) is 0 Å². The third-order valence-corrected chi connectivity index (χ3v) is 5.06. The molecule has 0 spiro atoms. The minimum Gasteiger partial charge on any atom is -0.337 e. The number of amides is 1. The third kappa shape index (κ3) is 3.53. The van der Waals surface area contributed by atoms with Gasteiger partial charge in [-0.15, -0.1) is 0 Å². The van der Waals surface area contributed by atoms with E-state index in [1.807, 2.05) is 13.8 Å². The normalized spacial score (nSPS) is 22.8. The van der Waals surface area contributed by atoms with Crippen LogP contribution in [-0.2, 0) is 9.84 Å². The molecule has 6 heteroatoms. The molecular weight excluding hydrogens is 264 g/mol. The topological polar surface area (TPSA) is 67.3 Å². The minimum absolute atomic E-state index is 0.0283. The predicted octanol–water partition coefficient (Wildman–Crippen LogP) is 0.897. The van der Waals surface area contributed by atoms with E-state index in [0.29, 0.717) is 12.1 Å². The van der Waals surface area contributed by atoms with E-state index >= 15 is 0 Å². The number of carbonyl (C=O) groups excluding carboxylic acids is 1. The van der Waals surface area contributed by atoms with E-state index in [0.717, 1.165) is 5.69 Å². The number of nitrogens with zero attached hydrogens (tertiary/aromatic N) is 2. The summed E-state index contributed by atoms with van der Waals surface area (Å²) >= 11 is 0. The van der Waals surface area contributed by atoms with Crippen LogP contribution in [0.1, 0.15) is 23.0 Å². The molecule has 0 aromatic carbocycles. The Labute approximate surface area is 113 Å². The van der Waals surface area contributed by atoms with Crippen LogP contribution in [0.25, 0.3) is 0 Å². The molecule has 1 aromatic rings. The van der Waals surface area contributed by atoms with Crippen molar-refractivity contribution in [3.63, 3.8) is 0 Å². The lowest BCUT2D eigenvalue weighted by Crippen LogP contribution is -2.35. The number of hydrogen-bond acceptors (Lipinski definition) is 4. The minimum atomic E-state index is -3.03. The number of aromatic nitrogens is 1. The number of hydrogen-bond donors (Lipinski definition) is 0. The first-order chi connectivity index (χ1) is 8.87. The Kier molecular flexibility index (Phi) is 3.89. The Morgan fingerprint density at radius 2 is 2.21 bits per heavy atom. The lowest BCUT2D eigenvalue weighted by Gasteiger charge is -2.22. The molecule has 1 aliphatic heterocycles. The monoisotopic (exact) mass is 282 g/mol. The molecule has 1 fully saturated rings. The van der Waals surface area contributed by atoms with Crippen LogP contribution in [0.4, 0.5) is 0 Å². The zero-order valence-corrected chi connectivity index (χ0v) is 12.0. The maximum absolute atomic E-state index is 12.4. The number of pyridine rings is 1. The van der Waals surface area contributed by atoms with Crippen molar-refractivity contribution in [3.05, 3.63) is 29.6 Å².